The number of Topliss-reactive ketones (excluding diaryl/α,β-unsaturated/α-hetero) is 1. The summed E-state index contributed by atoms with van der Waals surface area (Å²) < 4.78 is 46.0. The zero-order valence-electron chi connectivity index (χ0n) is 23.4. The molecule has 2 atom stereocenters. The van der Waals surface area contributed by atoms with Crippen molar-refractivity contribution in [2.75, 3.05) is 0 Å². The van der Waals surface area contributed by atoms with Crippen molar-refractivity contribution < 1.29 is 27.5 Å². The van der Waals surface area contributed by atoms with Gasteiger partial charge in [0.2, 0.25) is 0 Å². The van der Waals surface area contributed by atoms with E-state index in [9.17, 15) is 22.8 Å². The Balaban J connectivity index is 1.80. The average molecular weight is 559 g/mol. The van der Waals surface area contributed by atoms with Crippen LogP contribution in [-0.4, -0.2) is 17.9 Å². The first-order valence-electron chi connectivity index (χ1n) is 14.5. The molecule has 2 rings (SSSR count). The lowest BCUT2D eigenvalue weighted by Gasteiger charge is -2.39. The minimum absolute atomic E-state index is 0.195. The minimum Gasteiger partial charge on any atom is -0.461 e. The predicted octanol–water partition coefficient (Wildman–Crippen LogP) is 10.2. The molecule has 38 heavy (non-hydrogen) atoms. The van der Waals surface area contributed by atoms with Gasteiger partial charge in [-0.25, -0.2) is 0 Å². The normalized spacial score (nSPS) is 19.5. The number of ketones is 1. The van der Waals surface area contributed by atoms with Crippen LogP contribution >= 0.6 is 11.6 Å². The SMILES string of the molecule is CCCCCCCCCCCCCCCC(=O)OC1CC(C)(C)CC(=O)C1c1ccc(Cl)c(C(F)(F)F)c1. The molecule has 0 aromatic heterocycles. The molecule has 0 heterocycles. The maximum atomic E-state index is 13.4. The molecule has 0 bridgehead atoms. The summed E-state index contributed by atoms with van der Waals surface area (Å²) in [5.41, 5.74) is -1.18. The molecule has 1 aromatic carbocycles. The molecule has 216 valence electrons. The molecule has 1 saturated carbocycles. The number of rotatable bonds is 16. The third-order valence-corrected chi connectivity index (χ3v) is 7.88. The largest absolute Gasteiger partial charge is 0.461 e. The average Bonchev–Trinajstić information content (AvgIpc) is 2.81. The maximum absolute atomic E-state index is 13.4. The van der Waals surface area contributed by atoms with Gasteiger partial charge in [-0.2, -0.15) is 13.2 Å². The Labute approximate surface area is 232 Å². The van der Waals surface area contributed by atoms with Gasteiger partial charge in [0.15, 0.2) is 0 Å². The summed E-state index contributed by atoms with van der Waals surface area (Å²) >= 11 is 5.78. The Morgan fingerprint density at radius 3 is 2.00 bits per heavy atom. The number of benzene rings is 1. The van der Waals surface area contributed by atoms with Crippen molar-refractivity contribution in [1.82, 2.24) is 0 Å². The van der Waals surface area contributed by atoms with Gasteiger partial charge in [-0.3, -0.25) is 9.59 Å². The van der Waals surface area contributed by atoms with E-state index in [-0.39, 0.29) is 24.2 Å². The summed E-state index contributed by atoms with van der Waals surface area (Å²) in [6.45, 7) is 6.06. The van der Waals surface area contributed by atoms with Crippen molar-refractivity contribution in [3.63, 3.8) is 0 Å². The lowest BCUT2D eigenvalue weighted by Crippen LogP contribution is -2.41. The second-order valence-corrected chi connectivity index (χ2v) is 12.2. The quantitative estimate of drug-likeness (QED) is 0.150. The maximum Gasteiger partial charge on any atom is 0.417 e. The monoisotopic (exact) mass is 558 g/mol. The van der Waals surface area contributed by atoms with E-state index in [2.05, 4.69) is 6.92 Å². The molecular formula is C31H46ClF3O3. The summed E-state index contributed by atoms with van der Waals surface area (Å²) in [5.74, 6) is -1.52. The van der Waals surface area contributed by atoms with Crippen molar-refractivity contribution in [1.29, 1.82) is 0 Å². The standard InChI is InChI=1S/C31H46ClF3O3/c1-4-5-6-7-8-9-10-11-12-13-14-15-16-17-28(37)38-27-22-30(2,3)21-26(36)29(27)23-18-19-25(32)24(20-23)31(33,34)35/h18-20,27,29H,4-17,21-22H2,1-3H3. The van der Waals surface area contributed by atoms with Crippen LogP contribution in [0.1, 0.15) is 141 Å². The molecule has 0 spiro atoms. The van der Waals surface area contributed by atoms with E-state index < -0.39 is 40.2 Å². The molecule has 0 radical (unpaired) electrons. The number of unbranched alkanes of at least 4 members (excludes halogenated alkanes) is 12. The second-order valence-electron chi connectivity index (χ2n) is 11.7. The van der Waals surface area contributed by atoms with Gasteiger partial charge >= 0.3 is 12.1 Å². The Morgan fingerprint density at radius 2 is 1.47 bits per heavy atom. The van der Waals surface area contributed by atoms with E-state index in [1.807, 2.05) is 13.8 Å². The molecule has 3 nitrogen and oxygen atoms in total. The Kier molecular flexibility index (Phi) is 13.6. The third-order valence-electron chi connectivity index (χ3n) is 7.55. The first-order valence-corrected chi connectivity index (χ1v) is 14.9. The highest BCUT2D eigenvalue weighted by Gasteiger charge is 2.44. The highest BCUT2D eigenvalue weighted by atomic mass is 35.5. The van der Waals surface area contributed by atoms with E-state index in [0.29, 0.717) is 12.8 Å². The molecular weight excluding hydrogens is 513 g/mol. The van der Waals surface area contributed by atoms with Gasteiger partial charge in [-0.05, 0) is 36.0 Å². The summed E-state index contributed by atoms with van der Waals surface area (Å²) in [6, 6.07) is 3.53. The highest BCUT2D eigenvalue weighted by Crippen LogP contribution is 2.44. The van der Waals surface area contributed by atoms with E-state index in [1.165, 1.54) is 69.9 Å². The lowest BCUT2D eigenvalue weighted by molar-refractivity contribution is -0.156. The number of alkyl halides is 3. The molecule has 1 aliphatic carbocycles. The van der Waals surface area contributed by atoms with E-state index >= 15 is 0 Å². The minimum atomic E-state index is -4.63. The zero-order chi connectivity index (χ0) is 28.2. The first-order chi connectivity index (χ1) is 17.9. The van der Waals surface area contributed by atoms with Crippen LogP contribution in [0, 0.1) is 5.41 Å². The number of hydrogen-bond acceptors (Lipinski definition) is 3. The molecule has 0 N–H and O–H groups in total. The lowest BCUT2D eigenvalue weighted by atomic mass is 9.68. The van der Waals surface area contributed by atoms with E-state index in [0.717, 1.165) is 25.3 Å². The number of carbonyl (C=O) groups is 2. The van der Waals surface area contributed by atoms with Gasteiger partial charge in [0.25, 0.3) is 0 Å². The molecule has 7 heteroatoms. The van der Waals surface area contributed by atoms with Crippen LogP contribution in [0.3, 0.4) is 0 Å². The van der Waals surface area contributed by atoms with Gasteiger partial charge < -0.3 is 4.74 Å². The van der Waals surface area contributed by atoms with Gasteiger partial charge in [0, 0.05) is 12.8 Å². The van der Waals surface area contributed by atoms with E-state index in [1.54, 1.807) is 0 Å². The molecule has 1 aliphatic rings. The molecule has 0 saturated heterocycles. The molecule has 0 aliphatic heterocycles. The van der Waals surface area contributed by atoms with Crippen LogP contribution in [-0.2, 0) is 20.5 Å². The fraction of sp³-hybridized carbons (Fsp3) is 0.742. The second kappa shape index (κ2) is 15.9. The predicted molar refractivity (Wildman–Crippen MR) is 147 cm³/mol. The molecule has 0 amide bonds. The number of ether oxygens (including phenoxy) is 1. The Morgan fingerprint density at radius 1 is 0.947 bits per heavy atom. The zero-order valence-corrected chi connectivity index (χ0v) is 24.2. The summed E-state index contributed by atoms with van der Waals surface area (Å²) in [5, 5.41) is -0.416. The highest BCUT2D eigenvalue weighted by molar-refractivity contribution is 6.31. The van der Waals surface area contributed by atoms with Crippen LogP contribution in [0.2, 0.25) is 5.02 Å². The topological polar surface area (TPSA) is 43.4 Å². The molecule has 2 unspecified atom stereocenters. The van der Waals surface area contributed by atoms with Gasteiger partial charge in [0.1, 0.15) is 11.9 Å². The number of hydrogen-bond donors (Lipinski definition) is 0. The summed E-state index contributed by atoms with van der Waals surface area (Å²) in [7, 11) is 0. The summed E-state index contributed by atoms with van der Waals surface area (Å²) in [6.07, 6.45) is 11.1. The summed E-state index contributed by atoms with van der Waals surface area (Å²) in [4.78, 5) is 25.7. The van der Waals surface area contributed by atoms with Crippen LogP contribution < -0.4 is 0 Å². The van der Waals surface area contributed by atoms with Crippen molar-refractivity contribution in [3.05, 3.63) is 34.3 Å². The van der Waals surface area contributed by atoms with Gasteiger partial charge in [-0.1, -0.05) is 115 Å². The fourth-order valence-corrected chi connectivity index (χ4v) is 5.73. The molecule has 1 aromatic rings. The Hall–Kier alpha value is -1.56. The van der Waals surface area contributed by atoms with Crippen LogP contribution in [0.4, 0.5) is 13.2 Å². The number of carbonyl (C=O) groups excluding carboxylic acids is 2. The van der Waals surface area contributed by atoms with Gasteiger partial charge in [0.05, 0.1) is 16.5 Å². The van der Waals surface area contributed by atoms with Crippen molar-refractivity contribution in [2.24, 2.45) is 5.41 Å². The number of esters is 1. The van der Waals surface area contributed by atoms with Crippen LogP contribution in [0.5, 0.6) is 0 Å². The third kappa shape index (κ3) is 11.3. The Bertz CT molecular complexity index is 882. The van der Waals surface area contributed by atoms with Gasteiger partial charge in [-0.15, -0.1) is 0 Å². The first kappa shape index (κ1) is 32.7. The van der Waals surface area contributed by atoms with Crippen molar-refractivity contribution >= 4 is 23.4 Å². The van der Waals surface area contributed by atoms with E-state index in [4.69, 9.17) is 16.3 Å². The van der Waals surface area contributed by atoms with Crippen molar-refractivity contribution in [3.8, 4) is 0 Å². The number of halogens is 4. The van der Waals surface area contributed by atoms with Crippen LogP contribution in [0.15, 0.2) is 18.2 Å². The smallest absolute Gasteiger partial charge is 0.417 e. The molecule has 1 fully saturated rings. The van der Waals surface area contributed by atoms with Crippen LogP contribution in [0.25, 0.3) is 0 Å². The fourth-order valence-electron chi connectivity index (χ4n) is 5.50. The van der Waals surface area contributed by atoms with Crippen molar-refractivity contribution in [2.45, 2.75) is 142 Å².